The lowest BCUT2D eigenvalue weighted by Gasteiger charge is -2.07. The van der Waals surface area contributed by atoms with Crippen LogP contribution in [-0.4, -0.2) is 11.0 Å². The third kappa shape index (κ3) is 2.83. The molecule has 0 aromatic heterocycles. The minimum absolute atomic E-state index is 0.116. The summed E-state index contributed by atoms with van der Waals surface area (Å²) in [7, 11) is 0. The smallest absolute Gasteiger partial charge is 0.257 e. The molecule has 2 N–H and O–H groups in total. The Hall–Kier alpha value is -1.52. The number of carbonyl (C=O) groups excluding carboxylic acids is 1. The molecule has 0 aliphatic rings. The van der Waals surface area contributed by atoms with Gasteiger partial charge in [0.25, 0.3) is 5.91 Å². The SMILES string of the molecule is O=C(Nc1ccc(O)c(Br)c1)c1ccccc1Cl. The third-order valence-corrected chi connectivity index (χ3v) is 3.29. The molecule has 0 spiro atoms. The molecule has 5 heteroatoms. The first-order valence-corrected chi connectivity index (χ1v) is 6.29. The van der Waals surface area contributed by atoms with Crippen LogP contribution in [0.3, 0.4) is 0 Å². The molecule has 0 radical (unpaired) electrons. The van der Waals surface area contributed by atoms with Crippen LogP contribution in [0, 0.1) is 0 Å². The van der Waals surface area contributed by atoms with E-state index in [1.54, 1.807) is 36.4 Å². The van der Waals surface area contributed by atoms with E-state index in [0.717, 1.165) is 0 Å². The highest BCUT2D eigenvalue weighted by Gasteiger charge is 2.10. The number of rotatable bonds is 2. The van der Waals surface area contributed by atoms with Crippen molar-refractivity contribution in [1.29, 1.82) is 0 Å². The van der Waals surface area contributed by atoms with Gasteiger partial charge >= 0.3 is 0 Å². The Labute approximate surface area is 118 Å². The molecular weight excluding hydrogens is 318 g/mol. The fourth-order valence-electron chi connectivity index (χ4n) is 1.43. The van der Waals surface area contributed by atoms with Crippen LogP contribution < -0.4 is 5.32 Å². The highest BCUT2D eigenvalue weighted by atomic mass is 79.9. The molecule has 0 aliphatic carbocycles. The molecule has 3 nitrogen and oxygen atoms in total. The standard InChI is InChI=1S/C13H9BrClNO2/c14-10-7-8(5-6-12(10)17)16-13(18)9-3-1-2-4-11(9)15/h1-7,17H,(H,16,18). The molecule has 0 saturated heterocycles. The van der Waals surface area contributed by atoms with Gasteiger partial charge in [-0.25, -0.2) is 0 Å². The Kier molecular flexibility index (Phi) is 3.89. The summed E-state index contributed by atoms with van der Waals surface area (Å²) in [6.45, 7) is 0. The number of benzene rings is 2. The van der Waals surface area contributed by atoms with Gasteiger partial charge in [-0.15, -0.1) is 0 Å². The van der Waals surface area contributed by atoms with Crippen molar-refractivity contribution >= 4 is 39.1 Å². The van der Waals surface area contributed by atoms with Gasteiger partial charge in [-0.05, 0) is 46.3 Å². The van der Waals surface area contributed by atoms with Crippen LogP contribution in [-0.2, 0) is 0 Å². The van der Waals surface area contributed by atoms with Crippen LogP contribution in [0.25, 0.3) is 0 Å². The van der Waals surface area contributed by atoms with Gasteiger partial charge in [-0.2, -0.15) is 0 Å². The number of phenolic OH excluding ortho intramolecular Hbond substituents is 1. The fraction of sp³-hybridized carbons (Fsp3) is 0. The maximum atomic E-state index is 12.0. The molecule has 0 saturated carbocycles. The largest absolute Gasteiger partial charge is 0.507 e. The number of hydrogen-bond donors (Lipinski definition) is 2. The van der Waals surface area contributed by atoms with Gasteiger partial charge in [0.1, 0.15) is 5.75 Å². The Morgan fingerprint density at radius 3 is 2.61 bits per heavy atom. The van der Waals surface area contributed by atoms with Crippen LogP contribution in [0.15, 0.2) is 46.9 Å². The van der Waals surface area contributed by atoms with Crippen LogP contribution in [0.4, 0.5) is 5.69 Å². The van der Waals surface area contributed by atoms with Gasteiger partial charge in [0.2, 0.25) is 0 Å². The van der Waals surface area contributed by atoms with Crippen LogP contribution >= 0.6 is 27.5 Å². The van der Waals surface area contributed by atoms with Crippen molar-refractivity contribution in [3.05, 3.63) is 57.5 Å². The van der Waals surface area contributed by atoms with E-state index >= 15 is 0 Å². The quantitative estimate of drug-likeness (QED) is 0.818. The van der Waals surface area contributed by atoms with Crippen molar-refractivity contribution in [2.45, 2.75) is 0 Å². The minimum Gasteiger partial charge on any atom is -0.507 e. The van der Waals surface area contributed by atoms with Crippen molar-refractivity contribution in [2.75, 3.05) is 5.32 Å². The number of anilines is 1. The molecule has 0 bridgehead atoms. The molecule has 0 heterocycles. The molecular formula is C13H9BrClNO2. The van der Waals surface area contributed by atoms with E-state index in [4.69, 9.17) is 11.6 Å². The second-order valence-electron chi connectivity index (χ2n) is 3.60. The zero-order chi connectivity index (χ0) is 13.1. The second-order valence-corrected chi connectivity index (χ2v) is 4.86. The molecule has 0 fully saturated rings. The first-order chi connectivity index (χ1) is 8.58. The van der Waals surface area contributed by atoms with E-state index < -0.39 is 0 Å². The van der Waals surface area contributed by atoms with Gasteiger partial charge in [0, 0.05) is 5.69 Å². The summed E-state index contributed by atoms with van der Waals surface area (Å²) in [6.07, 6.45) is 0. The molecule has 2 aromatic carbocycles. The predicted octanol–water partition coefficient (Wildman–Crippen LogP) is 4.06. The van der Waals surface area contributed by atoms with E-state index in [1.807, 2.05) is 0 Å². The Bertz CT molecular complexity index is 601. The van der Waals surface area contributed by atoms with E-state index in [-0.39, 0.29) is 11.7 Å². The second kappa shape index (κ2) is 5.42. The summed E-state index contributed by atoms with van der Waals surface area (Å²) in [6, 6.07) is 11.5. The normalized spacial score (nSPS) is 10.1. The van der Waals surface area contributed by atoms with Crippen molar-refractivity contribution in [1.82, 2.24) is 0 Å². The topological polar surface area (TPSA) is 49.3 Å². The molecule has 92 valence electrons. The highest BCUT2D eigenvalue weighted by Crippen LogP contribution is 2.27. The number of nitrogens with one attached hydrogen (secondary N) is 1. The lowest BCUT2D eigenvalue weighted by Crippen LogP contribution is -2.12. The van der Waals surface area contributed by atoms with E-state index in [1.165, 1.54) is 6.07 Å². The van der Waals surface area contributed by atoms with E-state index in [2.05, 4.69) is 21.2 Å². The van der Waals surface area contributed by atoms with Crippen LogP contribution in [0.1, 0.15) is 10.4 Å². The van der Waals surface area contributed by atoms with E-state index in [9.17, 15) is 9.90 Å². The Morgan fingerprint density at radius 2 is 1.94 bits per heavy atom. The summed E-state index contributed by atoms with van der Waals surface area (Å²) in [5.41, 5.74) is 0.980. The summed E-state index contributed by atoms with van der Waals surface area (Å²) in [4.78, 5) is 12.0. The van der Waals surface area contributed by atoms with Crippen molar-refractivity contribution in [3.63, 3.8) is 0 Å². The lowest BCUT2D eigenvalue weighted by atomic mass is 10.2. The van der Waals surface area contributed by atoms with Crippen LogP contribution in [0.2, 0.25) is 5.02 Å². The highest BCUT2D eigenvalue weighted by molar-refractivity contribution is 9.10. The fourth-order valence-corrected chi connectivity index (χ4v) is 2.03. The van der Waals surface area contributed by atoms with Gasteiger partial charge in [-0.3, -0.25) is 4.79 Å². The summed E-state index contributed by atoms with van der Waals surface area (Å²) in [5, 5.41) is 12.5. The molecule has 1 amide bonds. The molecule has 2 rings (SSSR count). The Balaban J connectivity index is 2.22. The van der Waals surface area contributed by atoms with Gasteiger partial charge in [0.15, 0.2) is 0 Å². The monoisotopic (exact) mass is 325 g/mol. The third-order valence-electron chi connectivity index (χ3n) is 2.32. The van der Waals surface area contributed by atoms with Gasteiger partial charge in [-0.1, -0.05) is 23.7 Å². The number of halogens is 2. The number of amides is 1. The zero-order valence-corrected chi connectivity index (χ0v) is 11.5. The average molecular weight is 327 g/mol. The minimum atomic E-state index is -0.293. The number of carbonyl (C=O) groups is 1. The maximum absolute atomic E-state index is 12.0. The average Bonchev–Trinajstić information content (AvgIpc) is 2.34. The zero-order valence-electron chi connectivity index (χ0n) is 9.15. The summed E-state index contributed by atoms with van der Waals surface area (Å²) >= 11 is 9.11. The lowest BCUT2D eigenvalue weighted by molar-refractivity contribution is 0.102. The summed E-state index contributed by atoms with van der Waals surface area (Å²) < 4.78 is 0.513. The molecule has 0 unspecified atom stereocenters. The predicted molar refractivity (Wildman–Crippen MR) is 75.2 cm³/mol. The molecule has 0 aliphatic heterocycles. The summed E-state index contributed by atoms with van der Waals surface area (Å²) in [5.74, 6) is -0.177. The van der Waals surface area contributed by atoms with Crippen molar-refractivity contribution < 1.29 is 9.90 Å². The van der Waals surface area contributed by atoms with Crippen molar-refractivity contribution in [3.8, 4) is 5.75 Å². The number of hydrogen-bond acceptors (Lipinski definition) is 2. The van der Waals surface area contributed by atoms with Gasteiger partial charge in [0.05, 0.1) is 15.1 Å². The molecule has 0 atom stereocenters. The number of phenols is 1. The van der Waals surface area contributed by atoms with Crippen molar-refractivity contribution in [2.24, 2.45) is 0 Å². The molecule has 18 heavy (non-hydrogen) atoms. The van der Waals surface area contributed by atoms with E-state index in [0.29, 0.717) is 20.7 Å². The first-order valence-electron chi connectivity index (χ1n) is 5.12. The Morgan fingerprint density at radius 1 is 1.22 bits per heavy atom. The molecule has 2 aromatic rings. The first kappa shape index (κ1) is 12.9. The van der Waals surface area contributed by atoms with Gasteiger partial charge < -0.3 is 10.4 Å². The maximum Gasteiger partial charge on any atom is 0.257 e. The number of aromatic hydroxyl groups is 1. The van der Waals surface area contributed by atoms with Crippen LogP contribution in [0.5, 0.6) is 5.75 Å².